The van der Waals surface area contributed by atoms with Crippen molar-refractivity contribution in [3.05, 3.63) is 71.8 Å². The van der Waals surface area contributed by atoms with Crippen LogP contribution in [0.4, 0.5) is 0 Å². The average Bonchev–Trinajstić information content (AvgIpc) is 2.66. The molecule has 29 heavy (non-hydrogen) atoms. The maximum Gasteiger partial charge on any atom is 0.337 e. The molecule has 0 radical (unpaired) electrons. The van der Waals surface area contributed by atoms with Crippen LogP contribution in [0.2, 0.25) is 0 Å². The molecule has 2 unspecified atom stereocenters. The lowest BCUT2D eigenvalue weighted by Gasteiger charge is -2.31. The summed E-state index contributed by atoms with van der Waals surface area (Å²) in [5, 5.41) is 3.54. The Labute approximate surface area is 175 Å². The fourth-order valence-electron chi connectivity index (χ4n) is 3.14. The highest BCUT2D eigenvalue weighted by Gasteiger charge is 2.33. The molecule has 2 atom stereocenters. The lowest BCUT2D eigenvalue weighted by molar-refractivity contribution is -0.172. The van der Waals surface area contributed by atoms with Crippen LogP contribution in [-0.4, -0.2) is 23.7 Å². The Balaban J connectivity index is 2.17. The topological polar surface area (TPSA) is 47.6 Å². The molecule has 158 valence electrons. The monoisotopic (exact) mass is 397 g/mol. The van der Waals surface area contributed by atoms with Crippen LogP contribution in [0.3, 0.4) is 0 Å². The normalized spacial score (nSPS) is 13.9. The molecule has 2 aromatic rings. The molecule has 0 bridgehead atoms. The number of rotatable bonds is 10. The lowest BCUT2D eigenvalue weighted by Crippen LogP contribution is -2.48. The largest absolute Gasteiger partial charge is 0.458 e. The van der Waals surface area contributed by atoms with Gasteiger partial charge in [-0.15, -0.1) is 0 Å². The zero-order chi connectivity index (χ0) is 21.3. The van der Waals surface area contributed by atoms with Gasteiger partial charge >= 0.3 is 5.97 Å². The molecular weight excluding hydrogens is 362 g/mol. The summed E-state index contributed by atoms with van der Waals surface area (Å²) in [5.41, 5.74) is 1.65. The minimum atomic E-state index is -0.680. The molecule has 2 rings (SSSR count). The minimum absolute atomic E-state index is 0.145. The van der Waals surface area contributed by atoms with Gasteiger partial charge in [0.2, 0.25) is 0 Å². The summed E-state index contributed by atoms with van der Waals surface area (Å²) in [6.45, 7) is 11.0. The predicted molar refractivity (Wildman–Crippen MR) is 117 cm³/mol. The first-order valence-electron chi connectivity index (χ1n) is 10.4. The zero-order valence-corrected chi connectivity index (χ0v) is 18.4. The van der Waals surface area contributed by atoms with Crippen molar-refractivity contribution in [3.8, 4) is 0 Å². The molecule has 0 aromatic heterocycles. The van der Waals surface area contributed by atoms with Gasteiger partial charge in [0.15, 0.2) is 6.10 Å². The molecule has 2 aromatic carbocycles. The first kappa shape index (κ1) is 23.1. The van der Waals surface area contributed by atoms with Crippen molar-refractivity contribution < 1.29 is 14.3 Å². The van der Waals surface area contributed by atoms with E-state index < -0.39 is 11.7 Å². The zero-order valence-electron chi connectivity index (χ0n) is 18.4. The standard InChI is InChI=1S/C25H35NO3/c1-19(2)16-22(26-17-20-12-8-6-9-13-20)23(24(27)29-25(3,4)5)28-18-21-14-10-7-11-15-21/h6-15,19,22-23,26H,16-18H2,1-5H3. The number of nitrogens with one attached hydrogen (secondary N) is 1. The third-order valence-corrected chi connectivity index (χ3v) is 4.41. The third kappa shape index (κ3) is 8.80. The highest BCUT2D eigenvalue weighted by atomic mass is 16.6. The van der Waals surface area contributed by atoms with Gasteiger partial charge in [-0.2, -0.15) is 0 Å². The summed E-state index contributed by atoms with van der Waals surface area (Å²) in [7, 11) is 0. The molecule has 0 amide bonds. The van der Waals surface area contributed by atoms with Crippen molar-refractivity contribution in [3.63, 3.8) is 0 Å². The van der Waals surface area contributed by atoms with Crippen LogP contribution >= 0.6 is 0 Å². The average molecular weight is 398 g/mol. The van der Waals surface area contributed by atoms with Gasteiger partial charge < -0.3 is 14.8 Å². The molecule has 0 aliphatic rings. The Bertz CT molecular complexity index is 723. The Morgan fingerprint density at radius 1 is 0.931 bits per heavy atom. The lowest BCUT2D eigenvalue weighted by atomic mass is 9.98. The molecule has 4 nitrogen and oxygen atoms in total. The van der Waals surface area contributed by atoms with Crippen molar-refractivity contribution in [1.29, 1.82) is 0 Å². The molecular formula is C25H35NO3. The number of hydrogen-bond donors (Lipinski definition) is 1. The second-order valence-corrected chi connectivity index (χ2v) is 8.85. The maximum atomic E-state index is 13.0. The van der Waals surface area contributed by atoms with Crippen LogP contribution in [0.5, 0.6) is 0 Å². The summed E-state index contributed by atoms with van der Waals surface area (Å²) < 4.78 is 11.8. The fraction of sp³-hybridized carbons (Fsp3) is 0.480. The van der Waals surface area contributed by atoms with Crippen LogP contribution in [-0.2, 0) is 27.4 Å². The van der Waals surface area contributed by atoms with Gasteiger partial charge in [-0.25, -0.2) is 4.79 Å². The maximum absolute atomic E-state index is 13.0. The minimum Gasteiger partial charge on any atom is -0.458 e. The van der Waals surface area contributed by atoms with Gasteiger partial charge in [-0.05, 0) is 44.2 Å². The molecule has 0 heterocycles. The first-order chi connectivity index (χ1) is 13.7. The number of hydrogen-bond acceptors (Lipinski definition) is 4. The smallest absolute Gasteiger partial charge is 0.337 e. The number of carbonyl (C=O) groups excluding carboxylic acids is 1. The SMILES string of the molecule is CC(C)CC(NCc1ccccc1)C(OCc1ccccc1)C(=O)OC(C)(C)C. The molecule has 0 spiro atoms. The summed E-state index contributed by atoms with van der Waals surface area (Å²) >= 11 is 0. The van der Waals surface area contributed by atoms with Crippen molar-refractivity contribution in [2.24, 2.45) is 5.92 Å². The Morgan fingerprint density at radius 3 is 2.00 bits per heavy atom. The summed E-state index contributed by atoms with van der Waals surface area (Å²) in [4.78, 5) is 13.0. The van der Waals surface area contributed by atoms with E-state index in [4.69, 9.17) is 9.47 Å². The van der Waals surface area contributed by atoms with Crippen molar-refractivity contribution in [1.82, 2.24) is 5.32 Å². The Kier molecular flexibility index (Phi) is 8.87. The Hall–Kier alpha value is -2.17. The van der Waals surface area contributed by atoms with Crippen LogP contribution in [0, 0.1) is 5.92 Å². The number of esters is 1. The predicted octanol–water partition coefficient (Wildman–Crippen LogP) is 5.12. The van der Waals surface area contributed by atoms with E-state index in [2.05, 4.69) is 31.3 Å². The fourth-order valence-corrected chi connectivity index (χ4v) is 3.14. The van der Waals surface area contributed by atoms with Crippen molar-refractivity contribution >= 4 is 5.97 Å². The molecule has 0 fully saturated rings. The molecule has 0 aliphatic carbocycles. The van der Waals surface area contributed by atoms with Gasteiger partial charge in [0.1, 0.15) is 5.60 Å². The van der Waals surface area contributed by atoms with Crippen LogP contribution in [0.25, 0.3) is 0 Å². The summed E-state index contributed by atoms with van der Waals surface area (Å²) in [5.74, 6) is 0.0909. The summed E-state index contributed by atoms with van der Waals surface area (Å²) in [6.07, 6.45) is 0.131. The van der Waals surface area contributed by atoms with E-state index in [-0.39, 0.29) is 12.0 Å². The number of benzene rings is 2. The highest BCUT2D eigenvalue weighted by Crippen LogP contribution is 2.18. The molecule has 4 heteroatoms. The van der Waals surface area contributed by atoms with Gasteiger partial charge in [0.05, 0.1) is 6.61 Å². The van der Waals surface area contributed by atoms with Gasteiger partial charge in [0, 0.05) is 12.6 Å². The Morgan fingerprint density at radius 2 is 1.48 bits per heavy atom. The van der Waals surface area contributed by atoms with E-state index in [1.54, 1.807) is 0 Å². The highest BCUT2D eigenvalue weighted by molar-refractivity contribution is 5.76. The van der Waals surface area contributed by atoms with E-state index in [9.17, 15) is 4.79 Å². The van der Waals surface area contributed by atoms with E-state index in [1.165, 1.54) is 5.56 Å². The second-order valence-electron chi connectivity index (χ2n) is 8.85. The van der Waals surface area contributed by atoms with Crippen molar-refractivity contribution in [2.75, 3.05) is 0 Å². The van der Waals surface area contributed by atoms with Gasteiger partial charge in [0.25, 0.3) is 0 Å². The summed E-state index contributed by atoms with van der Waals surface area (Å²) in [6, 6.07) is 20.0. The molecule has 0 aliphatic heterocycles. The van der Waals surface area contributed by atoms with Crippen LogP contribution in [0.15, 0.2) is 60.7 Å². The number of carbonyl (C=O) groups is 1. The van der Waals surface area contributed by atoms with Crippen LogP contribution < -0.4 is 5.32 Å². The second kappa shape index (κ2) is 11.1. The number of ether oxygens (including phenoxy) is 2. The van der Waals surface area contributed by atoms with Crippen molar-refractivity contribution in [2.45, 2.75) is 71.9 Å². The van der Waals surface area contributed by atoms with E-state index >= 15 is 0 Å². The molecule has 0 saturated heterocycles. The van der Waals surface area contributed by atoms with E-state index in [1.807, 2.05) is 69.3 Å². The molecule has 0 saturated carbocycles. The van der Waals surface area contributed by atoms with Gasteiger partial charge in [-0.3, -0.25) is 0 Å². The van der Waals surface area contributed by atoms with Gasteiger partial charge in [-0.1, -0.05) is 74.5 Å². The quantitative estimate of drug-likeness (QED) is 0.566. The van der Waals surface area contributed by atoms with Crippen LogP contribution in [0.1, 0.15) is 52.2 Å². The van der Waals surface area contributed by atoms with E-state index in [0.717, 1.165) is 12.0 Å². The van der Waals surface area contributed by atoms with E-state index in [0.29, 0.717) is 19.1 Å². The molecule has 1 N–H and O–H groups in total. The third-order valence-electron chi connectivity index (χ3n) is 4.41. The first-order valence-corrected chi connectivity index (χ1v) is 10.4.